The van der Waals surface area contributed by atoms with Crippen molar-refractivity contribution >= 4 is 12.6 Å². The molecule has 0 atom stereocenters. The largest absolute Gasteiger partial charge is 0.498 e. The van der Waals surface area contributed by atoms with E-state index in [-0.39, 0.29) is 7.12 Å². The molecular weight excluding hydrogens is 145 g/mol. The van der Waals surface area contributed by atoms with E-state index in [1.807, 2.05) is 6.92 Å². The minimum atomic E-state index is -0.374. The Morgan fingerprint density at radius 2 is 2.09 bits per heavy atom. The average Bonchev–Trinajstić information content (AvgIpc) is 2.40. The summed E-state index contributed by atoms with van der Waals surface area (Å²) in [6.45, 7) is 1.81. The molecule has 5 heteroatoms. The van der Waals surface area contributed by atoms with Crippen LogP contribution in [-0.4, -0.2) is 26.5 Å². The zero-order chi connectivity index (χ0) is 8.27. The van der Waals surface area contributed by atoms with Crippen molar-refractivity contribution in [3.8, 4) is 0 Å². The van der Waals surface area contributed by atoms with Gasteiger partial charge in [0.05, 0.1) is 6.20 Å². The fourth-order valence-corrected chi connectivity index (χ4v) is 0.883. The molecule has 0 aromatic carbocycles. The first-order valence-electron chi connectivity index (χ1n) is 3.26. The maximum absolute atomic E-state index is 5.00. The van der Waals surface area contributed by atoms with Crippen LogP contribution in [0.3, 0.4) is 0 Å². The van der Waals surface area contributed by atoms with Gasteiger partial charge in [-0.1, -0.05) is 5.16 Å². The van der Waals surface area contributed by atoms with Crippen molar-refractivity contribution in [2.45, 2.75) is 6.92 Å². The first-order chi connectivity index (χ1) is 5.29. The van der Waals surface area contributed by atoms with Crippen molar-refractivity contribution in [2.75, 3.05) is 14.2 Å². The van der Waals surface area contributed by atoms with E-state index in [1.54, 1.807) is 20.4 Å². The van der Waals surface area contributed by atoms with E-state index in [4.69, 9.17) is 13.8 Å². The van der Waals surface area contributed by atoms with Gasteiger partial charge < -0.3 is 13.8 Å². The minimum Gasteiger partial charge on any atom is -0.410 e. The summed E-state index contributed by atoms with van der Waals surface area (Å²) in [6.07, 6.45) is 1.59. The number of nitrogens with zero attached hydrogens (tertiary/aromatic N) is 1. The molecule has 0 unspecified atom stereocenters. The van der Waals surface area contributed by atoms with Crippen LogP contribution >= 0.6 is 0 Å². The highest BCUT2D eigenvalue weighted by Gasteiger charge is 2.22. The lowest BCUT2D eigenvalue weighted by Crippen LogP contribution is -2.35. The zero-order valence-electron chi connectivity index (χ0n) is 6.83. The molecule has 1 aromatic rings. The molecule has 4 nitrogen and oxygen atoms in total. The van der Waals surface area contributed by atoms with E-state index in [2.05, 4.69) is 5.16 Å². The Balaban J connectivity index is 2.81. The summed E-state index contributed by atoms with van der Waals surface area (Å²) in [4.78, 5) is 0. The van der Waals surface area contributed by atoms with E-state index in [1.165, 1.54) is 0 Å². The predicted molar refractivity (Wildman–Crippen MR) is 40.6 cm³/mol. The van der Waals surface area contributed by atoms with Gasteiger partial charge in [-0.2, -0.15) is 0 Å². The van der Waals surface area contributed by atoms with E-state index in [9.17, 15) is 0 Å². The second-order valence-corrected chi connectivity index (χ2v) is 2.14. The van der Waals surface area contributed by atoms with Crippen LogP contribution in [0.1, 0.15) is 5.76 Å². The molecule has 0 amide bonds. The fraction of sp³-hybridized carbons (Fsp3) is 0.500. The minimum absolute atomic E-state index is 0.374. The second kappa shape index (κ2) is 3.55. The van der Waals surface area contributed by atoms with Crippen LogP contribution in [0.15, 0.2) is 10.7 Å². The molecule has 0 saturated heterocycles. The summed E-state index contributed by atoms with van der Waals surface area (Å²) in [6, 6.07) is 0. The lowest BCUT2D eigenvalue weighted by Gasteiger charge is -2.04. The van der Waals surface area contributed by atoms with E-state index < -0.39 is 0 Å². The Morgan fingerprint density at radius 1 is 1.45 bits per heavy atom. The molecule has 0 saturated carbocycles. The Bertz CT molecular complexity index is 221. The van der Waals surface area contributed by atoms with Gasteiger partial charge >= 0.3 is 7.12 Å². The van der Waals surface area contributed by atoms with Crippen LogP contribution < -0.4 is 5.46 Å². The second-order valence-electron chi connectivity index (χ2n) is 2.14. The Kier molecular flexibility index (Phi) is 2.67. The highest BCUT2D eigenvalue weighted by molar-refractivity contribution is 6.61. The third-order valence-corrected chi connectivity index (χ3v) is 1.47. The van der Waals surface area contributed by atoms with Crippen molar-refractivity contribution in [1.29, 1.82) is 0 Å². The number of aryl methyl sites for hydroxylation is 1. The molecule has 0 N–H and O–H groups in total. The standard InChI is InChI=1S/C6H10BNO3/c1-5-6(4-8-11-5)7(9-2)10-3/h4H,1-3H3. The molecule has 60 valence electrons. The van der Waals surface area contributed by atoms with E-state index in [0.717, 1.165) is 11.2 Å². The third-order valence-electron chi connectivity index (χ3n) is 1.47. The molecular formula is C6H10BNO3. The van der Waals surface area contributed by atoms with Crippen molar-refractivity contribution in [1.82, 2.24) is 5.16 Å². The SMILES string of the molecule is COB(OC)c1cnoc1C. The summed E-state index contributed by atoms with van der Waals surface area (Å²) >= 11 is 0. The first kappa shape index (κ1) is 8.29. The lowest BCUT2D eigenvalue weighted by atomic mass is 9.80. The zero-order valence-corrected chi connectivity index (χ0v) is 6.83. The van der Waals surface area contributed by atoms with Crippen LogP contribution in [0, 0.1) is 6.92 Å². The maximum atomic E-state index is 5.00. The normalized spacial score (nSPS) is 10.1. The molecule has 0 bridgehead atoms. The smallest absolute Gasteiger partial charge is 0.410 e. The molecule has 11 heavy (non-hydrogen) atoms. The molecule has 1 heterocycles. The number of aromatic nitrogens is 1. The molecule has 0 aliphatic carbocycles. The monoisotopic (exact) mass is 155 g/mol. The Hall–Kier alpha value is -0.805. The first-order valence-corrected chi connectivity index (χ1v) is 3.26. The van der Waals surface area contributed by atoms with Crippen LogP contribution in [0.5, 0.6) is 0 Å². The molecule has 0 fully saturated rings. The summed E-state index contributed by atoms with van der Waals surface area (Å²) in [5, 5.41) is 3.60. The molecule has 1 aromatic heterocycles. The number of hydrogen-bond donors (Lipinski definition) is 0. The predicted octanol–water partition coefficient (Wildman–Crippen LogP) is -0.0290. The fourth-order valence-electron chi connectivity index (χ4n) is 0.883. The average molecular weight is 155 g/mol. The molecule has 1 rings (SSSR count). The van der Waals surface area contributed by atoms with Crippen LogP contribution in [0.4, 0.5) is 0 Å². The summed E-state index contributed by atoms with van der Waals surface area (Å²) < 4.78 is 14.8. The quantitative estimate of drug-likeness (QED) is 0.575. The van der Waals surface area contributed by atoms with Gasteiger partial charge in [-0.3, -0.25) is 0 Å². The molecule has 0 radical (unpaired) electrons. The number of hydrogen-bond acceptors (Lipinski definition) is 4. The van der Waals surface area contributed by atoms with Gasteiger partial charge in [0.1, 0.15) is 5.76 Å². The van der Waals surface area contributed by atoms with Crippen molar-refractivity contribution < 1.29 is 13.8 Å². The van der Waals surface area contributed by atoms with Gasteiger partial charge in [0.25, 0.3) is 0 Å². The van der Waals surface area contributed by atoms with Crippen molar-refractivity contribution in [3.05, 3.63) is 12.0 Å². The highest BCUT2D eigenvalue weighted by atomic mass is 16.6. The summed E-state index contributed by atoms with van der Waals surface area (Å²) in [5.41, 5.74) is 0.829. The van der Waals surface area contributed by atoms with Gasteiger partial charge in [0.15, 0.2) is 0 Å². The number of rotatable bonds is 3. The van der Waals surface area contributed by atoms with Crippen LogP contribution in [0.25, 0.3) is 0 Å². The Morgan fingerprint density at radius 3 is 2.45 bits per heavy atom. The summed E-state index contributed by atoms with van der Waals surface area (Å²) in [5.74, 6) is 0.721. The van der Waals surface area contributed by atoms with Gasteiger partial charge in [-0.05, 0) is 6.92 Å². The van der Waals surface area contributed by atoms with Gasteiger partial charge in [0.2, 0.25) is 0 Å². The van der Waals surface area contributed by atoms with Crippen LogP contribution in [-0.2, 0) is 9.31 Å². The summed E-state index contributed by atoms with van der Waals surface area (Å²) in [7, 11) is 2.77. The topological polar surface area (TPSA) is 44.5 Å². The molecule has 0 aliphatic heterocycles. The molecule has 0 aliphatic rings. The highest BCUT2D eigenvalue weighted by Crippen LogP contribution is 1.94. The van der Waals surface area contributed by atoms with Gasteiger partial charge in [0, 0.05) is 19.7 Å². The third kappa shape index (κ3) is 1.61. The molecule has 0 spiro atoms. The van der Waals surface area contributed by atoms with Crippen molar-refractivity contribution in [3.63, 3.8) is 0 Å². The van der Waals surface area contributed by atoms with E-state index >= 15 is 0 Å². The maximum Gasteiger partial charge on any atom is 0.498 e. The Labute approximate surface area is 65.6 Å². The van der Waals surface area contributed by atoms with Crippen LogP contribution in [0.2, 0.25) is 0 Å². The van der Waals surface area contributed by atoms with E-state index in [0.29, 0.717) is 0 Å². The van der Waals surface area contributed by atoms with Gasteiger partial charge in [-0.25, -0.2) is 0 Å². The lowest BCUT2D eigenvalue weighted by molar-refractivity contribution is 0.291. The van der Waals surface area contributed by atoms with Crippen molar-refractivity contribution in [2.24, 2.45) is 0 Å². The van der Waals surface area contributed by atoms with Gasteiger partial charge in [-0.15, -0.1) is 0 Å².